The van der Waals surface area contributed by atoms with E-state index in [4.69, 9.17) is 5.73 Å². The van der Waals surface area contributed by atoms with Crippen LogP contribution in [0, 0.1) is 11.8 Å². The summed E-state index contributed by atoms with van der Waals surface area (Å²) in [5.74, 6) is 1.26. The molecule has 3 atom stereocenters. The highest BCUT2D eigenvalue weighted by Gasteiger charge is 2.28. The molecular weight excluding hydrogens is 280 g/mol. The van der Waals surface area contributed by atoms with Crippen LogP contribution in [0.4, 0.5) is 0 Å². The average molecular weight is 302 g/mol. The Morgan fingerprint density at radius 3 is 2.63 bits per heavy atom. The van der Waals surface area contributed by atoms with Gasteiger partial charge in [0.1, 0.15) is 4.21 Å². The molecule has 1 aromatic heterocycles. The normalized spacial score (nSPS) is 28.5. The summed E-state index contributed by atoms with van der Waals surface area (Å²) >= 11 is 1.25. The number of rotatable bonds is 4. The number of hydrogen-bond acceptors (Lipinski definition) is 4. The molecule has 1 aliphatic rings. The fourth-order valence-electron chi connectivity index (χ4n) is 2.54. The van der Waals surface area contributed by atoms with Crippen LogP contribution < -0.4 is 10.5 Å². The molecule has 4 nitrogen and oxygen atoms in total. The first kappa shape index (κ1) is 15.0. The topological polar surface area (TPSA) is 72.2 Å². The maximum Gasteiger partial charge on any atom is 0.250 e. The molecule has 0 aliphatic heterocycles. The maximum atomic E-state index is 12.3. The average Bonchev–Trinajstić information content (AvgIpc) is 2.83. The molecular formula is C13H22N2O2S2. The predicted molar refractivity (Wildman–Crippen MR) is 78.5 cm³/mol. The Labute approximate surface area is 119 Å². The highest BCUT2D eigenvalue weighted by molar-refractivity contribution is 7.91. The molecule has 0 bridgehead atoms. The summed E-state index contributed by atoms with van der Waals surface area (Å²) in [5.41, 5.74) is 5.52. The van der Waals surface area contributed by atoms with Crippen LogP contribution in [0.15, 0.2) is 16.3 Å². The van der Waals surface area contributed by atoms with E-state index >= 15 is 0 Å². The van der Waals surface area contributed by atoms with Gasteiger partial charge >= 0.3 is 0 Å². The van der Waals surface area contributed by atoms with Crippen molar-refractivity contribution in [2.45, 2.75) is 49.9 Å². The van der Waals surface area contributed by atoms with Crippen molar-refractivity contribution in [2.24, 2.45) is 17.6 Å². The van der Waals surface area contributed by atoms with Crippen molar-refractivity contribution in [1.82, 2.24) is 4.72 Å². The van der Waals surface area contributed by atoms with Gasteiger partial charge in [0.15, 0.2) is 0 Å². The second kappa shape index (κ2) is 5.91. The van der Waals surface area contributed by atoms with Gasteiger partial charge in [-0.15, -0.1) is 11.3 Å². The molecule has 108 valence electrons. The zero-order valence-corrected chi connectivity index (χ0v) is 13.1. The molecule has 6 heteroatoms. The van der Waals surface area contributed by atoms with Gasteiger partial charge in [-0.3, -0.25) is 0 Å². The Morgan fingerprint density at radius 1 is 1.32 bits per heavy atom. The van der Waals surface area contributed by atoms with Crippen molar-refractivity contribution in [2.75, 3.05) is 0 Å². The number of hydrogen-bond donors (Lipinski definition) is 2. The van der Waals surface area contributed by atoms with Crippen LogP contribution in [0.2, 0.25) is 0 Å². The van der Waals surface area contributed by atoms with Gasteiger partial charge in [0.25, 0.3) is 0 Å². The Morgan fingerprint density at radius 2 is 2.05 bits per heavy atom. The molecule has 1 aromatic rings. The van der Waals surface area contributed by atoms with Crippen LogP contribution >= 0.6 is 11.3 Å². The smallest absolute Gasteiger partial charge is 0.250 e. The first-order valence-electron chi connectivity index (χ1n) is 6.73. The van der Waals surface area contributed by atoms with Gasteiger partial charge in [-0.25, -0.2) is 13.1 Å². The third kappa shape index (κ3) is 3.56. The molecule has 19 heavy (non-hydrogen) atoms. The van der Waals surface area contributed by atoms with E-state index in [2.05, 4.69) is 18.6 Å². The van der Waals surface area contributed by atoms with E-state index in [0.29, 0.717) is 22.6 Å². The van der Waals surface area contributed by atoms with Gasteiger partial charge in [-0.1, -0.05) is 13.8 Å². The van der Waals surface area contributed by atoms with E-state index in [1.165, 1.54) is 11.3 Å². The monoisotopic (exact) mass is 302 g/mol. The lowest BCUT2D eigenvalue weighted by atomic mass is 9.79. The van der Waals surface area contributed by atoms with Gasteiger partial charge < -0.3 is 5.73 Å². The zero-order chi connectivity index (χ0) is 14.0. The molecule has 1 saturated carbocycles. The molecule has 0 aromatic carbocycles. The molecule has 0 radical (unpaired) electrons. The van der Waals surface area contributed by atoms with E-state index in [-0.39, 0.29) is 6.04 Å². The lowest BCUT2D eigenvalue weighted by molar-refractivity contribution is 0.242. The summed E-state index contributed by atoms with van der Waals surface area (Å²) in [7, 11) is -3.38. The second-order valence-corrected chi connectivity index (χ2v) is 8.62. The van der Waals surface area contributed by atoms with Gasteiger partial charge in [0.05, 0.1) is 0 Å². The number of nitrogens with two attached hydrogens (primary N) is 1. The van der Waals surface area contributed by atoms with Crippen molar-refractivity contribution in [3.05, 3.63) is 17.0 Å². The van der Waals surface area contributed by atoms with E-state index in [9.17, 15) is 8.42 Å². The van der Waals surface area contributed by atoms with Gasteiger partial charge in [-0.05, 0) is 43.2 Å². The maximum absolute atomic E-state index is 12.3. The molecule has 3 unspecified atom stereocenters. The van der Waals surface area contributed by atoms with Crippen molar-refractivity contribution >= 4 is 21.4 Å². The lowest BCUT2D eigenvalue weighted by Crippen LogP contribution is -2.39. The molecule has 2 rings (SSSR count). The molecule has 1 fully saturated rings. The second-order valence-electron chi connectivity index (χ2n) is 5.51. The summed E-state index contributed by atoms with van der Waals surface area (Å²) in [6.45, 7) is 4.82. The van der Waals surface area contributed by atoms with Gasteiger partial charge in [-0.2, -0.15) is 0 Å². The third-order valence-corrected chi connectivity index (χ3v) is 7.14. The zero-order valence-electron chi connectivity index (χ0n) is 11.4. The Bertz CT molecular complexity index is 525. The first-order chi connectivity index (χ1) is 8.92. The standard InChI is InChI=1S/C13H22N2O2S2/c1-9-3-4-11(7-10(9)2)15-19(16,17)13-6-5-12(8-14)18-13/h5-6,9-11,15H,3-4,7-8,14H2,1-2H3. The Kier molecular flexibility index (Phi) is 4.66. The first-order valence-corrected chi connectivity index (χ1v) is 9.03. The van der Waals surface area contributed by atoms with Crippen LogP contribution in [0.1, 0.15) is 38.0 Å². The fourth-order valence-corrected chi connectivity index (χ4v) is 5.08. The summed E-state index contributed by atoms with van der Waals surface area (Å²) in [4.78, 5) is 0.894. The molecule has 3 N–H and O–H groups in total. The molecule has 0 amide bonds. The van der Waals surface area contributed by atoms with Crippen LogP contribution in [-0.2, 0) is 16.6 Å². The van der Waals surface area contributed by atoms with Crippen molar-refractivity contribution in [1.29, 1.82) is 0 Å². The fraction of sp³-hybridized carbons (Fsp3) is 0.692. The van der Waals surface area contributed by atoms with Gasteiger partial charge in [0.2, 0.25) is 10.0 Å². The molecule has 0 spiro atoms. The predicted octanol–water partition coefficient (Wildman–Crippen LogP) is 2.31. The van der Waals surface area contributed by atoms with Crippen LogP contribution in [0.5, 0.6) is 0 Å². The van der Waals surface area contributed by atoms with E-state index in [1.54, 1.807) is 12.1 Å². The van der Waals surface area contributed by atoms with Crippen LogP contribution in [0.3, 0.4) is 0 Å². The van der Waals surface area contributed by atoms with Crippen LogP contribution in [0.25, 0.3) is 0 Å². The van der Waals surface area contributed by atoms with E-state index in [1.807, 2.05) is 0 Å². The summed E-state index contributed by atoms with van der Waals surface area (Å²) in [5, 5.41) is 0. The molecule has 1 aliphatic carbocycles. The number of nitrogens with one attached hydrogen (secondary N) is 1. The van der Waals surface area contributed by atoms with Crippen LogP contribution in [-0.4, -0.2) is 14.5 Å². The van der Waals surface area contributed by atoms with Crippen molar-refractivity contribution in [3.63, 3.8) is 0 Å². The largest absolute Gasteiger partial charge is 0.326 e. The lowest BCUT2D eigenvalue weighted by Gasteiger charge is -2.32. The minimum atomic E-state index is -3.38. The summed E-state index contributed by atoms with van der Waals surface area (Å²) < 4.78 is 27.8. The van der Waals surface area contributed by atoms with E-state index in [0.717, 1.165) is 24.1 Å². The minimum Gasteiger partial charge on any atom is -0.326 e. The third-order valence-electron chi connectivity index (χ3n) is 4.02. The quantitative estimate of drug-likeness (QED) is 0.896. The van der Waals surface area contributed by atoms with Crippen molar-refractivity contribution in [3.8, 4) is 0 Å². The molecule has 0 saturated heterocycles. The summed E-state index contributed by atoms with van der Waals surface area (Å²) in [6.07, 6.45) is 2.95. The SMILES string of the molecule is CC1CCC(NS(=O)(=O)c2ccc(CN)s2)CC1C. The highest BCUT2D eigenvalue weighted by atomic mass is 32.2. The number of sulfonamides is 1. The number of thiophene rings is 1. The molecule has 1 heterocycles. The Hall–Kier alpha value is -0.430. The Balaban J connectivity index is 2.05. The minimum absolute atomic E-state index is 0.0691. The highest BCUT2D eigenvalue weighted by Crippen LogP contribution is 2.30. The van der Waals surface area contributed by atoms with Crippen molar-refractivity contribution < 1.29 is 8.42 Å². The van der Waals surface area contributed by atoms with E-state index < -0.39 is 10.0 Å². The van der Waals surface area contributed by atoms with Gasteiger partial charge in [0, 0.05) is 17.5 Å². The summed E-state index contributed by atoms with van der Waals surface area (Å²) in [6, 6.07) is 3.49.